The Labute approximate surface area is 161 Å². The van der Waals surface area contributed by atoms with Crippen molar-refractivity contribution in [2.24, 2.45) is 4.99 Å². The van der Waals surface area contributed by atoms with Crippen LogP contribution in [0.3, 0.4) is 0 Å². The van der Waals surface area contributed by atoms with E-state index in [1.165, 1.54) is 6.33 Å². The van der Waals surface area contributed by atoms with E-state index in [1.54, 1.807) is 23.1 Å². The Bertz CT molecular complexity index is 986. The molecule has 2 aromatic carbocycles. The van der Waals surface area contributed by atoms with Gasteiger partial charge in [-0.25, -0.2) is 19.9 Å². The van der Waals surface area contributed by atoms with Gasteiger partial charge in [-0.15, -0.1) is 0 Å². The van der Waals surface area contributed by atoms with Crippen molar-refractivity contribution in [1.82, 2.24) is 20.2 Å². The molecule has 0 fully saturated rings. The summed E-state index contributed by atoms with van der Waals surface area (Å²) in [6, 6.07) is 15.0. The van der Waals surface area contributed by atoms with Crippen LogP contribution in [0.5, 0.6) is 0 Å². The van der Waals surface area contributed by atoms with Gasteiger partial charge in [-0.2, -0.15) is 5.10 Å². The first-order valence-electron chi connectivity index (χ1n) is 8.85. The molecule has 8 nitrogen and oxygen atoms in total. The van der Waals surface area contributed by atoms with E-state index in [2.05, 4.69) is 20.6 Å². The highest BCUT2D eigenvalue weighted by molar-refractivity contribution is 5.98. The van der Waals surface area contributed by atoms with Crippen LogP contribution in [-0.2, 0) is 9.57 Å². The fourth-order valence-electron chi connectivity index (χ4n) is 2.86. The van der Waals surface area contributed by atoms with Crippen LogP contribution in [0.2, 0.25) is 0 Å². The van der Waals surface area contributed by atoms with E-state index in [4.69, 9.17) is 9.57 Å². The number of hydrogen-bond acceptors (Lipinski definition) is 7. The van der Waals surface area contributed by atoms with Crippen molar-refractivity contribution >= 4 is 11.8 Å². The van der Waals surface area contributed by atoms with Gasteiger partial charge < -0.3 is 4.74 Å². The first kappa shape index (κ1) is 17.9. The molecule has 28 heavy (non-hydrogen) atoms. The number of hydrogen-bond donors (Lipinski definition) is 1. The highest BCUT2D eigenvalue weighted by Gasteiger charge is 2.20. The smallest absolute Gasteiger partial charge is 0.338 e. The van der Waals surface area contributed by atoms with E-state index in [1.807, 2.05) is 43.3 Å². The van der Waals surface area contributed by atoms with Crippen molar-refractivity contribution in [3.05, 3.63) is 77.9 Å². The molecule has 0 saturated heterocycles. The Hall–Kier alpha value is -3.52. The average Bonchev–Trinajstić information content (AvgIpc) is 3.27. The molecule has 1 aromatic heterocycles. The van der Waals surface area contributed by atoms with E-state index in [-0.39, 0.29) is 12.7 Å². The third-order valence-corrected chi connectivity index (χ3v) is 4.32. The molecule has 0 saturated carbocycles. The summed E-state index contributed by atoms with van der Waals surface area (Å²) in [5, 5.41) is 4.10. The minimum atomic E-state index is -0.408. The standard InChI is InChI=1S/C20H19N5O3/c1-14-9-16(7-8-18(14)25-13-21-12-23-25)20(26)27-11-17-10-22-19(24-28-17)15-5-3-2-4-6-15/h2-9,12-13,17H,10-11H2,1H3,(H,22,24)/t17-/m1/s1. The molecule has 0 bridgehead atoms. The molecule has 8 heteroatoms. The maximum Gasteiger partial charge on any atom is 0.338 e. The quantitative estimate of drug-likeness (QED) is 0.685. The van der Waals surface area contributed by atoms with Crippen LogP contribution in [0.1, 0.15) is 21.5 Å². The van der Waals surface area contributed by atoms with Crippen LogP contribution >= 0.6 is 0 Å². The summed E-state index contributed by atoms with van der Waals surface area (Å²) >= 11 is 0. The molecule has 1 aliphatic rings. The Balaban J connectivity index is 1.34. The van der Waals surface area contributed by atoms with Gasteiger partial charge in [0.05, 0.1) is 17.8 Å². The zero-order valence-corrected chi connectivity index (χ0v) is 15.3. The molecule has 1 atom stereocenters. The zero-order chi connectivity index (χ0) is 19.3. The fourth-order valence-corrected chi connectivity index (χ4v) is 2.86. The number of rotatable bonds is 5. The number of carbonyl (C=O) groups excluding carboxylic acids is 1. The van der Waals surface area contributed by atoms with Gasteiger partial charge in [0.25, 0.3) is 0 Å². The summed E-state index contributed by atoms with van der Waals surface area (Å²) in [6.45, 7) is 2.43. The molecule has 2 heterocycles. The predicted octanol–water partition coefficient (Wildman–Crippen LogP) is 2.08. The third-order valence-electron chi connectivity index (χ3n) is 4.32. The lowest BCUT2D eigenvalue weighted by molar-refractivity contribution is -0.0349. The van der Waals surface area contributed by atoms with Gasteiger partial charge in [0.1, 0.15) is 25.4 Å². The summed E-state index contributed by atoms with van der Waals surface area (Å²) in [5.74, 6) is 0.261. The second-order valence-corrected chi connectivity index (χ2v) is 6.34. The molecule has 0 radical (unpaired) electrons. The van der Waals surface area contributed by atoms with Gasteiger partial charge >= 0.3 is 5.97 Å². The van der Waals surface area contributed by atoms with Gasteiger partial charge in [0, 0.05) is 5.56 Å². The molecule has 0 aliphatic carbocycles. The summed E-state index contributed by atoms with van der Waals surface area (Å²) in [5.41, 5.74) is 5.99. The minimum absolute atomic E-state index is 0.112. The van der Waals surface area contributed by atoms with E-state index in [9.17, 15) is 4.79 Å². The van der Waals surface area contributed by atoms with Gasteiger partial charge in [-0.05, 0) is 30.7 Å². The van der Waals surface area contributed by atoms with E-state index in [0.29, 0.717) is 17.9 Å². The summed E-state index contributed by atoms with van der Waals surface area (Å²) < 4.78 is 7.03. The number of amidine groups is 1. The van der Waals surface area contributed by atoms with Gasteiger partial charge in [-0.3, -0.25) is 9.83 Å². The largest absolute Gasteiger partial charge is 0.459 e. The Morgan fingerprint density at radius 2 is 2.14 bits per heavy atom. The molecule has 4 rings (SSSR count). The molecule has 0 amide bonds. The highest BCUT2D eigenvalue weighted by atomic mass is 16.7. The van der Waals surface area contributed by atoms with E-state index < -0.39 is 5.97 Å². The minimum Gasteiger partial charge on any atom is -0.459 e. The van der Waals surface area contributed by atoms with Crippen molar-refractivity contribution in [3.63, 3.8) is 0 Å². The maximum atomic E-state index is 12.4. The van der Waals surface area contributed by atoms with E-state index >= 15 is 0 Å². The molecule has 3 aromatic rings. The van der Waals surface area contributed by atoms with Crippen molar-refractivity contribution in [2.45, 2.75) is 13.0 Å². The number of aromatic nitrogens is 3. The number of esters is 1. The van der Waals surface area contributed by atoms with Crippen LogP contribution in [-0.4, -0.2) is 45.8 Å². The van der Waals surface area contributed by atoms with Crippen LogP contribution in [0.25, 0.3) is 5.69 Å². The number of benzene rings is 2. The molecule has 0 unspecified atom stereocenters. The van der Waals surface area contributed by atoms with Crippen molar-refractivity contribution in [3.8, 4) is 5.69 Å². The molecule has 1 N–H and O–H groups in total. The van der Waals surface area contributed by atoms with Crippen LogP contribution in [0.4, 0.5) is 0 Å². The number of carbonyl (C=O) groups is 1. The molecular weight excluding hydrogens is 358 g/mol. The summed E-state index contributed by atoms with van der Waals surface area (Å²) in [6.07, 6.45) is 2.73. The lowest BCUT2D eigenvalue weighted by Crippen LogP contribution is -2.40. The van der Waals surface area contributed by atoms with Crippen LogP contribution < -0.4 is 5.48 Å². The maximum absolute atomic E-state index is 12.4. The van der Waals surface area contributed by atoms with Gasteiger partial charge in [0.2, 0.25) is 0 Å². The summed E-state index contributed by atoms with van der Waals surface area (Å²) in [7, 11) is 0. The fraction of sp³-hybridized carbons (Fsp3) is 0.200. The normalized spacial score (nSPS) is 16.2. The van der Waals surface area contributed by atoms with E-state index in [0.717, 1.165) is 16.8 Å². The number of aryl methyl sites for hydroxylation is 1. The highest BCUT2D eigenvalue weighted by Crippen LogP contribution is 2.16. The Morgan fingerprint density at radius 1 is 1.29 bits per heavy atom. The number of aliphatic imine (C=N–C) groups is 1. The predicted molar refractivity (Wildman–Crippen MR) is 102 cm³/mol. The Morgan fingerprint density at radius 3 is 2.82 bits per heavy atom. The topological polar surface area (TPSA) is 90.6 Å². The van der Waals surface area contributed by atoms with Crippen LogP contribution in [0, 0.1) is 6.92 Å². The summed E-state index contributed by atoms with van der Waals surface area (Å²) in [4.78, 5) is 26.3. The molecule has 142 valence electrons. The average molecular weight is 377 g/mol. The number of hydroxylamine groups is 1. The van der Waals surface area contributed by atoms with Gasteiger partial charge in [0.15, 0.2) is 5.84 Å². The lowest BCUT2D eigenvalue weighted by atomic mass is 10.1. The van der Waals surface area contributed by atoms with Gasteiger partial charge in [-0.1, -0.05) is 30.3 Å². The lowest BCUT2D eigenvalue weighted by Gasteiger charge is -2.22. The zero-order valence-electron chi connectivity index (χ0n) is 15.3. The SMILES string of the molecule is Cc1cc(C(=O)OC[C@H]2CN=C(c3ccccc3)NO2)ccc1-n1cncn1. The second kappa shape index (κ2) is 8.01. The number of nitrogens with zero attached hydrogens (tertiary/aromatic N) is 4. The molecule has 1 aliphatic heterocycles. The monoisotopic (exact) mass is 377 g/mol. The number of nitrogens with one attached hydrogen (secondary N) is 1. The Kier molecular flexibility index (Phi) is 5.11. The second-order valence-electron chi connectivity index (χ2n) is 6.34. The number of ether oxygens (including phenoxy) is 1. The van der Waals surface area contributed by atoms with Crippen molar-refractivity contribution in [1.29, 1.82) is 0 Å². The first-order chi connectivity index (χ1) is 13.7. The van der Waals surface area contributed by atoms with Crippen molar-refractivity contribution < 1.29 is 14.4 Å². The third kappa shape index (κ3) is 3.91. The van der Waals surface area contributed by atoms with Crippen molar-refractivity contribution in [2.75, 3.05) is 13.2 Å². The van der Waals surface area contributed by atoms with Crippen LogP contribution in [0.15, 0.2) is 66.2 Å². The first-order valence-corrected chi connectivity index (χ1v) is 8.85. The molecule has 0 spiro atoms. The molecular formula is C20H19N5O3.